The van der Waals surface area contributed by atoms with Crippen molar-refractivity contribution in [3.63, 3.8) is 0 Å². The smallest absolute Gasteiger partial charge is 0.235 e. The maximum atomic E-state index is 5.24. The summed E-state index contributed by atoms with van der Waals surface area (Å²) >= 11 is 1.85. The molecule has 1 aliphatic rings. The highest BCUT2D eigenvalue weighted by Gasteiger charge is 2.38. The highest BCUT2D eigenvalue weighted by molar-refractivity contribution is 7.25. The van der Waals surface area contributed by atoms with Crippen molar-refractivity contribution in [3.8, 4) is 22.5 Å². The molecule has 0 fully saturated rings. The third-order valence-electron chi connectivity index (χ3n) is 8.28. The van der Waals surface area contributed by atoms with Crippen LogP contribution in [0.25, 0.3) is 42.7 Å². The molecule has 2 aromatic heterocycles. The van der Waals surface area contributed by atoms with Crippen molar-refractivity contribution in [1.82, 2.24) is 9.97 Å². The number of thiophene rings is 1. The third-order valence-corrected chi connectivity index (χ3v) is 9.41. The van der Waals surface area contributed by atoms with Crippen molar-refractivity contribution in [2.24, 2.45) is 0 Å². The maximum absolute atomic E-state index is 5.24. The number of nitrogens with zero attached hydrogens (tertiary/aromatic N) is 3. The fourth-order valence-corrected chi connectivity index (χ4v) is 7.30. The number of hydrogen-bond acceptors (Lipinski definition) is 4. The van der Waals surface area contributed by atoms with Crippen molar-refractivity contribution in [1.29, 1.82) is 0 Å². The fraction of sp³-hybridized carbons (Fsp3) is 0.0811. The molecule has 3 nitrogen and oxygen atoms in total. The van der Waals surface area contributed by atoms with E-state index in [1.165, 1.54) is 31.3 Å². The van der Waals surface area contributed by atoms with Gasteiger partial charge in [-0.15, -0.1) is 11.3 Å². The van der Waals surface area contributed by atoms with Gasteiger partial charge in [0.1, 0.15) is 0 Å². The Labute approximate surface area is 243 Å². The molecule has 5 aromatic carbocycles. The topological polar surface area (TPSA) is 29.0 Å². The Balaban J connectivity index is 1.44. The Hall–Kier alpha value is -4.80. The lowest BCUT2D eigenvalue weighted by Crippen LogP contribution is -2.31. The van der Waals surface area contributed by atoms with Crippen LogP contribution in [-0.2, 0) is 5.41 Å². The van der Waals surface area contributed by atoms with E-state index in [4.69, 9.17) is 9.97 Å². The lowest BCUT2D eigenvalue weighted by Gasteiger charge is -2.41. The van der Waals surface area contributed by atoms with Crippen LogP contribution in [0.1, 0.15) is 25.0 Å². The lowest BCUT2D eigenvalue weighted by molar-refractivity contribution is 0.632. The second kappa shape index (κ2) is 9.12. The monoisotopic (exact) mass is 545 g/mol. The molecule has 0 amide bonds. The predicted octanol–water partition coefficient (Wildman–Crippen LogP) is 10.3. The van der Waals surface area contributed by atoms with Gasteiger partial charge in [-0.25, -0.2) is 9.97 Å². The van der Waals surface area contributed by atoms with Crippen LogP contribution in [0.4, 0.5) is 17.3 Å². The van der Waals surface area contributed by atoms with Crippen molar-refractivity contribution in [2.75, 3.05) is 4.90 Å². The second-order valence-corrected chi connectivity index (χ2v) is 12.2. The molecule has 0 atom stereocenters. The Morgan fingerprint density at radius 3 is 1.85 bits per heavy atom. The van der Waals surface area contributed by atoms with Gasteiger partial charge in [0.05, 0.1) is 22.8 Å². The van der Waals surface area contributed by atoms with Crippen molar-refractivity contribution in [3.05, 3.63) is 139 Å². The summed E-state index contributed by atoms with van der Waals surface area (Å²) in [6, 6.07) is 45.1. The SMILES string of the molecule is CC1(C)c2ccccc2N(c2nc(-c3ccccc3)cc(-c3ccccc3)n2)c2cc3sc4ccccc4c3cc21. The van der Waals surface area contributed by atoms with E-state index in [0.717, 1.165) is 33.9 Å². The van der Waals surface area contributed by atoms with E-state index in [-0.39, 0.29) is 5.41 Å². The molecule has 196 valence electrons. The summed E-state index contributed by atoms with van der Waals surface area (Å²) in [5.74, 6) is 0.676. The lowest BCUT2D eigenvalue weighted by atomic mass is 9.73. The second-order valence-electron chi connectivity index (χ2n) is 11.1. The van der Waals surface area contributed by atoms with Crippen LogP contribution in [0.3, 0.4) is 0 Å². The molecule has 0 saturated carbocycles. The number of aromatic nitrogens is 2. The first-order chi connectivity index (χ1) is 20.1. The van der Waals surface area contributed by atoms with Gasteiger partial charge in [0, 0.05) is 36.7 Å². The molecule has 0 unspecified atom stereocenters. The predicted molar refractivity (Wildman–Crippen MR) is 173 cm³/mol. The normalized spacial score (nSPS) is 13.8. The Morgan fingerprint density at radius 2 is 1.15 bits per heavy atom. The molecule has 0 spiro atoms. The number of fused-ring (bicyclic) bond motifs is 5. The van der Waals surface area contributed by atoms with Gasteiger partial charge in [0.2, 0.25) is 5.95 Å². The Morgan fingerprint density at radius 1 is 0.537 bits per heavy atom. The highest BCUT2D eigenvalue weighted by atomic mass is 32.1. The summed E-state index contributed by atoms with van der Waals surface area (Å²) in [7, 11) is 0. The molecule has 0 aliphatic carbocycles. The van der Waals surface area contributed by atoms with E-state index >= 15 is 0 Å². The first-order valence-electron chi connectivity index (χ1n) is 13.9. The zero-order valence-corrected chi connectivity index (χ0v) is 23.7. The van der Waals surface area contributed by atoms with E-state index in [1.807, 2.05) is 23.5 Å². The molecule has 3 heterocycles. The van der Waals surface area contributed by atoms with Crippen LogP contribution in [0.15, 0.2) is 127 Å². The van der Waals surface area contributed by atoms with Crippen LogP contribution in [0.5, 0.6) is 0 Å². The van der Waals surface area contributed by atoms with Crippen molar-refractivity contribution >= 4 is 48.8 Å². The average molecular weight is 546 g/mol. The molecule has 0 saturated heterocycles. The number of hydrogen-bond donors (Lipinski definition) is 0. The largest absolute Gasteiger partial charge is 0.278 e. The quantitative estimate of drug-likeness (QED) is 0.221. The van der Waals surface area contributed by atoms with Gasteiger partial charge in [-0.05, 0) is 41.5 Å². The van der Waals surface area contributed by atoms with E-state index in [0.29, 0.717) is 5.95 Å². The van der Waals surface area contributed by atoms with E-state index in [9.17, 15) is 0 Å². The first kappa shape index (κ1) is 24.0. The van der Waals surface area contributed by atoms with E-state index in [1.54, 1.807) is 0 Å². The summed E-state index contributed by atoms with van der Waals surface area (Å²) in [5, 5.41) is 2.62. The molecule has 4 heteroatoms. The van der Waals surface area contributed by atoms with Gasteiger partial charge in [0.25, 0.3) is 0 Å². The summed E-state index contributed by atoms with van der Waals surface area (Å²) in [6.07, 6.45) is 0. The molecule has 8 rings (SSSR count). The van der Waals surface area contributed by atoms with Crippen LogP contribution >= 0.6 is 11.3 Å². The van der Waals surface area contributed by atoms with Crippen molar-refractivity contribution in [2.45, 2.75) is 19.3 Å². The zero-order valence-electron chi connectivity index (χ0n) is 22.9. The van der Waals surface area contributed by atoms with Crippen molar-refractivity contribution < 1.29 is 0 Å². The Bertz CT molecular complexity index is 2020. The summed E-state index contributed by atoms with van der Waals surface area (Å²) in [6.45, 7) is 4.66. The third kappa shape index (κ3) is 3.79. The minimum atomic E-state index is -0.195. The van der Waals surface area contributed by atoms with Crippen LogP contribution in [-0.4, -0.2) is 9.97 Å². The molecule has 41 heavy (non-hydrogen) atoms. The summed E-state index contributed by atoms with van der Waals surface area (Å²) in [5.41, 5.74) is 8.55. The molecule has 0 bridgehead atoms. The minimum Gasteiger partial charge on any atom is -0.278 e. The molecule has 1 aliphatic heterocycles. The average Bonchev–Trinajstić information content (AvgIpc) is 3.39. The molecule has 0 N–H and O–H groups in total. The maximum Gasteiger partial charge on any atom is 0.235 e. The van der Waals surface area contributed by atoms with Gasteiger partial charge in [-0.3, -0.25) is 4.90 Å². The Kier molecular flexibility index (Phi) is 5.34. The molecular weight excluding hydrogens is 518 g/mol. The summed E-state index contributed by atoms with van der Waals surface area (Å²) in [4.78, 5) is 12.8. The molecule has 0 radical (unpaired) electrons. The van der Waals surface area contributed by atoms with Crippen LogP contribution < -0.4 is 4.90 Å². The number of para-hydroxylation sites is 1. The van der Waals surface area contributed by atoms with Gasteiger partial charge in [0.15, 0.2) is 0 Å². The van der Waals surface area contributed by atoms with E-state index < -0.39 is 0 Å². The number of rotatable bonds is 3. The summed E-state index contributed by atoms with van der Waals surface area (Å²) < 4.78 is 2.58. The standard InChI is InChI=1S/C37H27N3S/c1-37(2)28-18-10-11-19-32(28)40(33-23-35-27(21-29(33)37)26-17-9-12-20-34(26)41-35)36-38-30(24-13-5-3-6-14-24)22-31(39-36)25-15-7-4-8-16-25/h3-23H,1-2H3. The van der Waals surface area contributed by atoms with Gasteiger partial charge >= 0.3 is 0 Å². The molecule has 7 aromatic rings. The zero-order chi connectivity index (χ0) is 27.6. The van der Waals surface area contributed by atoms with Crippen LogP contribution in [0.2, 0.25) is 0 Å². The first-order valence-corrected chi connectivity index (χ1v) is 14.7. The van der Waals surface area contributed by atoms with E-state index in [2.05, 4.69) is 134 Å². The van der Waals surface area contributed by atoms with Gasteiger partial charge in [-0.2, -0.15) is 0 Å². The molecular formula is C37H27N3S. The van der Waals surface area contributed by atoms with Gasteiger partial charge < -0.3 is 0 Å². The minimum absolute atomic E-state index is 0.195. The number of benzene rings is 5. The van der Waals surface area contributed by atoms with Gasteiger partial charge in [-0.1, -0.05) is 111 Å². The number of anilines is 3. The van der Waals surface area contributed by atoms with Crippen LogP contribution in [0, 0.1) is 0 Å². The fourth-order valence-electron chi connectivity index (χ4n) is 6.18. The highest BCUT2D eigenvalue weighted by Crippen LogP contribution is 2.53.